The van der Waals surface area contributed by atoms with Crippen molar-refractivity contribution in [2.45, 2.75) is 26.4 Å². The van der Waals surface area contributed by atoms with Crippen LogP contribution in [0.15, 0.2) is 36.5 Å². The van der Waals surface area contributed by atoms with Gasteiger partial charge in [-0.2, -0.15) is 13.2 Å². The summed E-state index contributed by atoms with van der Waals surface area (Å²) < 4.78 is 37.3. The SMILES string of the molecule is Cc1ccc(CC(=O)c2ccc(C(F)(F)F)cn2)cc1C. The fraction of sp³-hybridized carbons (Fsp3) is 0.250. The van der Waals surface area contributed by atoms with Gasteiger partial charge in [0.1, 0.15) is 5.69 Å². The van der Waals surface area contributed by atoms with Crippen LogP contribution in [0.4, 0.5) is 13.2 Å². The van der Waals surface area contributed by atoms with Gasteiger partial charge in [-0.05, 0) is 42.7 Å². The van der Waals surface area contributed by atoms with E-state index in [1.807, 2.05) is 32.0 Å². The Balaban J connectivity index is 2.15. The Morgan fingerprint density at radius 3 is 2.33 bits per heavy atom. The molecule has 0 aliphatic carbocycles. The van der Waals surface area contributed by atoms with Gasteiger partial charge in [-0.1, -0.05) is 18.2 Å². The van der Waals surface area contributed by atoms with Crippen molar-refractivity contribution < 1.29 is 18.0 Å². The second kappa shape index (κ2) is 5.68. The van der Waals surface area contributed by atoms with E-state index < -0.39 is 11.7 Å². The zero-order valence-electron chi connectivity index (χ0n) is 11.7. The number of alkyl halides is 3. The molecule has 21 heavy (non-hydrogen) atoms. The maximum absolute atomic E-state index is 12.4. The first-order chi connectivity index (χ1) is 9.77. The molecule has 1 aromatic carbocycles. The normalized spacial score (nSPS) is 11.5. The fourth-order valence-electron chi connectivity index (χ4n) is 1.92. The summed E-state index contributed by atoms with van der Waals surface area (Å²) in [5.74, 6) is -0.299. The highest BCUT2D eigenvalue weighted by Gasteiger charge is 2.30. The molecular weight excluding hydrogens is 279 g/mol. The first kappa shape index (κ1) is 15.2. The minimum atomic E-state index is -4.44. The Morgan fingerprint density at radius 1 is 1.10 bits per heavy atom. The topological polar surface area (TPSA) is 30.0 Å². The quantitative estimate of drug-likeness (QED) is 0.796. The lowest BCUT2D eigenvalue weighted by Gasteiger charge is -2.07. The number of halogens is 3. The van der Waals surface area contributed by atoms with E-state index in [1.54, 1.807) is 0 Å². The summed E-state index contributed by atoms with van der Waals surface area (Å²) in [6.45, 7) is 3.91. The Kier molecular flexibility index (Phi) is 4.11. The number of Topliss-reactive ketones (excluding diaryl/α,β-unsaturated/α-hetero) is 1. The van der Waals surface area contributed by atoms with Gasteiger partial charge in [-0.25, -0.2) is 0 Å². The zero-order valence-corrected chi connectivity index (χ0v) is 11.7. The molecule has 0 fully saturated rings. The molecule has 0 amide bonds. The van der Waals surface area contributed by atoms with Crippen LogP contribution in [-0.2, 0) is 12.6 Å². The number of hydrogen-bond donors (Lipinski definition) is 0. The molecule has 2 nitrogen and oxygen atoms in total. The maximum Gasteiger partial charge on any atom is 0.417 e. The van der Waals surface area contributed by atoms with Gasteiger partial charge in [0.15, 0.2) is 5.78 Å². The Hall–Kier alpha value is -2.17. The van der Waals surface area contributed by atoms with Gasteiger partial charge >= 0.3 is 6.18 Å². The molecule has 0 aliphatic heterocycles. The summed E-state index contributed by atoms with van der Waals surface area (Å²) in [5, 5.41) is 0. The molecule has 0 bridgehead atoms. The third kappa shape index (κ3) is 3.68. The number of carbonyl (C=O) groups excluding carboxylic acids is 1. The number of ketones is 1. The minimum absolute atomic E-state index is 0.0428. The Labute approximate surface area is 120 Å². The standard InChI is InChI=1S/C16H14F3NO/c1-10-3-4-12(7-11(10)2)8-15(21)14-6-5-13(9-20-14)16(17,18)19/h3-7,9H,8H2,1-2H3. The van der Waals surface area contributed by atoms with E-state index in [0.717, 1.165) is 28.8 Å². The molecule has 1 heterocycles. The van der Waals surface area contributed by atoms with Crippen LogP contribution in [0.1, 0.15) is 32.7 Å². The Morgan fingerprint density at radius 2 is 1.81 bits per heavy atom. The average molecular weight is 293 g/mol. The van der Waals surface area contributed by atoms with Gasteiger partial charge in [-0.3, -0.25) is 9.78 Å². The average Bonchev–Trinajstić information content (AvgIpc) is 2.42. The van der Waals surface area contributed by atoms with Gasteiger partial charge in [0, 0.05) is 12.6 Å². The smallest absolute Gasteiger partial charge is 0.292 e. The molecule has 0 unspecified atom stereocenters. The van der Waals surface area contributed by atoms with E-state index in [4.69, 9.17) is 0 Å². The van der Waals surface area contributed by atoms with Crippen LogP contribution in [0.3, 0.4) is 0 Å². The zero-order chi connectivity index (χ0) is 15.6. The molecule has 5 heteroatoms. The molecule has 0 radical (unpaired) electrons. The molecule has 2 rings (SSSR count). The summed E-state index contributed by atoms with van der Waals surface area (Å²) in [7, 11) is 0. The third-order valence-electron chi connectivity index (χ3n) is 3.31. The molecule has 0 saturated carbocycles. The molecule has 110 valence electrons. The van der Waals surface area contributed by atoms with Crippen LogP contribution >= 0.6 is 0 Å². The molecule has 0 atom stereocenters. The number of aryl methyl sites for hydroxylation is 2. The van der Waals surface area contributed by atoms with Gasteiger partial charge in [-0.15, -0.1) is 0 Å². The van der Waals surface area contributed by atoms with Crippen molar-refractivity contribution in [2.24, 2.45) is 0 Å². The predicted octanol–water partition coefficient (Wildman–Crippen LogP) is 4.14. The van der Waals surface area contributed by atoms with Gasteiger partial charge in [0.2, 0.25) is 0 Å². The van der Waals surface area contributed by atoms with E-state index in [1.165, 1.54) is 0 Å². The van der Waals surface area contributed by atoms with Crippen molar-refractivity contribution in [2.75, 3.05) is 0 Å². The first-order valence-electron chi connectivity index (χ1n) is 6.40. The molecular formula is C16H14F3NO. The van der Waals surface area contributed by atoms with Crippen molar-refractivity contribution in [3.8, 4) is 0 Å². The lowest BCUT2D eigenvalue weighted by Crippen LogP contribution is -2.10. The van der Waals surface area contributed by atoms with Crippen LogP contribution < -0.4 is 0 Å². The molecule has 0 N–H and O–H groups in total. The van der Waals surface area contributed by atoms with Crippen molar-refractivity contribution in [3.05, 3.63) is 64.5 Å². The van der Waals surface area contributed by atoms with Crippen molar-refractivity contribution in [3.63, 3.8) is 0 Å². The second-order valence-corrected chi connectivity index (χ2v) is 4.95. The lowest BCUT2D eigenvalue weighted by molar-refractivity contribution is -0.137. The number of pyridine rings is 1. The summed E-state index contributed by atoms with van der Waals surface area (Å²) in [6.07, 6.45) is -3.63. The van der Waals surface area contributed by atoms with E-state index >= 15 is 0 Å². The molecule has 2 aromatic rings. The number of carbonyl (C=O) groups is 1. The summed E-state index contributed by atoms with van der Waals surface area (Å²) in [5.41, 5.74) is 2.20. The van der Waals surface area contributed by atoms with E-state index in [9.17, 15) is 18.0 Å². The van der Waals surface area contributed by atoms with Crippen LogP contribution in [0, 0.1) is 13.8 Å². The predicted molar refractivity (Wildman–Crippen MR) is 73.2 cm³/mol. The van der Waals surface area contributed by atoms with Gasteiger partial charge in [0.05, 0.1) is 5.56 Å². The van der Waals surface area contributed by atoms with Crippen LogP contribution in [-0.4, -0.2) is 10.8 Å². The maximum atomic E-state index is 12.4. The Bertz CT molecular complexity index is 660. The molecule has 0 spiro atoms. The largest absolute Gasteiger partial charge is 0.417 e. The van der Waals surface area contributed by atoms with Gasteiger partial charge in [0.25, 0.3) is 0 Å². The van der Waals surface area contributed by atoms with Crippen LogP contribution in [0.5, 0.6) is 0 Å². The summed E-state index contributed by atoms with van der Waals surface area (Å²) in [6, 6.07) is 7.65. The third-order valence-corrected chi connectivity index (χ3v) is 3.31. The van der Waals surface area contributed by atoms with Crippen molar-refractivity contribution >= 4 is 5.78 Å². The summed E-state index contributed by atoms with van der Waals surface area (Å²) in [4.78, 5) is 15.6. The highest BCUT2D eigenvalue weighted by molar-refractivity contribution is 5.95. The number of aromatic nitrogens is 1. The molecule has 1 aromatic heterocycles. The molecule has 0 saturated heterocycles. The van der Waals surface area contributed by atoms with E-state index in [2.05, 4.69) is 4.98 Å². The monoisotopic (exact) mass is 293 g/mol. The van der Waals surface area contributed by atoms with Crippen molar-refractivity contribution in [1.82, 2.24) is 4.98 Å². The number of hydrogen-bond acceptors (Lipinski definition) is 2. The highest BCUT2D eigenvalue weighted by Crippen LogP contribution is 2.28. The fourth-order valence-corrected chi connectivity index (χ4v) is 1.92. The van der Waals surface area contributed by atoms with E-state index in [0.29, 0.717) is 6.20 Å². The second-order valence-electron chi connectivity index (χ2n) is 4.95. The van der Waals surface area contributed by atoms with Crippen molar-refractivity contribution in [1.29, 1.82) is 0 Å². The summed E-state index contributed by atoms with van der Waals surface area (Å²) >= 11 is 0. The highest BCUT2D eigenvalue weighted by atomic mass is 19.4. The van der Waals surface area contributed by atoms with Crippen LogP contribution in [0.25, 0.3) is 0 Å². The molecule has 0 aliphatic rings. The van der Waals surface area contributed by atoms with Gasteiger partial charge < -0.3 is 0 Å². The van der Waals surface area contributed by atoms with E-state index in [-0.39, 0.29) is 17.9 Å². The number of nitrogens with zero attached hydrogens (tertiary/aromatic N) is 1. The number of rotatable bonds is 3. The minimum Gasteiger partial charge on any atom is -0.292 e. The lowest BCUT2D eigenvalue weighted by atomic mass is 10.0. The van der Waals surface area contributed by atoms with Crippen LogP contribution in [0.2, 0.25) is 0 Å². The number of benzene rings is 1. The first-order valence-corrected chi connectivity index (χ1v) is 6.40.